The quantitative estimate of drug-likeness (QED) is 0.860. The maximum absolute atomic E-state index is 10.0. The van der Waals surface area contributed by atoms with Crippen LogP contribution in [0.5, 0.6) is 0 Å². The van der Waals surface area contributed by atoms with Crippen molar-refractivity contribution in [3.05, 3.63) is 58.3 Å². The van der Waals surface area contributed by atoms with Crippen LogP contribution in [0.25, 0.3) is 0 Å². The van der Waals surface area contributed by atoms with E-state index in [4.69, 9.17) is 0 Å². The fraction of sp³-hybridized carbons (Fsp3) is 0.444. The third-order valence-corrected chi connectivity index (χ3v) is 5.14. The summed E-state index contributed by atoms with van der Waals surface area (Å²) in [6.07, 6.45) is 0.655. The molecule has 1 aliphatic heterocycles. The lowest BCUT2D eigenvalue weighted by molar-refractivity contribution is 0.172. The molecular weight excluding hydrogens is 292 g/mol. The zero-order valence-electron chi connectivity index (χ0n) is 13.0. The van der Waals surface area contributed by atoms with Crippen LogP contribution in [0.1, 0.15) is 30.5 Å². The summed E-state index contributed by atoms with van der Waals surface area (Å²) in [5, 5.41) is 18.0. The number of thiophene rings is 1. The topological polar surface area (TPSA) is 35.5 Å². The molecule has 0 aliphatic carbocycles. The van der Waals surface area contributed by atoms with Gasteiger partial charge in [-0.1, -0.05) is 30.3 Å². The van der Waals surface area contributed by atoms with Gasteiger partial charge in [0, 0.05) is 31.7 Å². The Morgan fingerprint density at radius 3 is 2.86 bits per heavy atom. The lowest BCUT2D eigenvalue weighted by atomic mass is 10.1. The fourth-order valence-electron chi connectivity index (χ4n) is 3.13. The largest absolute Gasteiger partial charge is 0.392 e. The number of aliphatic hydroxyl groups excluding tert-OH is 1. The van der Waals surface area contributed by atoms with Gasteiger partial charge in [0.1, 0.15) is 0 Å². The summed E-state index contributed by atoms with van der Waals surface area (Å²) in [6.45, 7) is 4.81. The summed E-state index contributed by atoms with van der Waals surface area (Å²) in [7, 11) is 0. The first-order chi connectivity index (χ1) is 10.7. The maximum Gasteiger partial charge on any atom is 0.0682 e. The van der Waals surface area contributed by atoms with Crippen molar-refractivity contribution in [3.8, 4) is 0 Å². The van der Waals surface area contributed by atoms with Crippen LogP contribution in [0.15, 0.2) is 47.2 Å². The maximum atomic E-state index is 10.0. The number of benzene rings is 1. The second kappa shape index (κ2) is 7.38. The Hall–Kier alpha value is -1.20. The average Bonchev–Trinajstić information content (AvgIpc) is 3.16. The summed E-state index contributed by atoms with van der Waals surface area (Å²) in [4.78, 5) is 2.40. The zero-order chi connectivity index (χ0) is 15.4. The lowest BCUT2D eigenvalue weighted by Crippen LogP contribution is -2.38. The van der Waals surface area contributed by atoms with Crippen molar-refractivity contribution in [1.82, 2.24) is 10.2 Å². The van der Waals surface area contributed by atoms with Crippen molar-refractivity contribution >= 4 is 11.3 Å². The molecule has 1 aromatic heterocycles. The Bertz CT molecular complexity index is 558. The number of nitrogens with zero attached hydrogens (tertiary/aromatic N) is 1. The summed E-state index contributed by atoms with van der Waals surface area (Å²) in [5.74, 6) is 0. The van der Waals surface area contributed by atoms with Crippen LogP contribution < -0.4 is 5.32 Å². The lowest BCUT2D eigenvalue weighted by Gasteiger charge is -2.26. The van der Waals surface area contributed by atoms with Gasteiger partial charge in [-0.2, -0.15) is 11.3 Å². The molecule has 1 aliphatic rings. The third kappa shape index (κ3) is 3.96. The number of aliphatic hydroxyl groups is 1. The van der Waals surface area contributed by atoms with Gasteiger partial charge in [-0.3, -0.25) is 4.90 Å². The summed E-state index contributed by atoms with van der Waals surface area (Å²) in [5.41, 5.74) is 2.66. The number of hydrogen-bond donors (Lipinski definition) is 2. The highest BCUT2D eigenvalue weighted by atomic mass is 32.1. The monoisotopic (exact) mass is 316 g/mol. The molecule has 3 atom stereocenters. The summed E-state index contributed by atoms with van der Waals surface area (Å²) < 4.78 is 0. The van der Waals surface area contributed by atoms with Gasteiger partial charge >= 0.3 is 0 Å². The second-order valence-corrected chi connectivity index (χ2v) is 6.93. The van der Waals surface area contributed by atoms with Crippen molar-refractivity contribution < 1.29 is 5.11 Å². The fourth-order valence-corrected chi connectivity index (χ4v) is 3.89. The van der Waals surface area contributed by atoms with Gasteiger partial charge in [0.25, 0.3) is 0 Å². The minimum atomic E-state index is -0.202. The van der Waals surface area contributed by atoms with E-state index >= 15 is 0 Å². The smallest absolute Gasteiger partial charge is 0.0682 e. The Balaban J connectivity index is 1.56. The van der Waals surface area contributed by atoms with Crippen LogP contribution in [-0.2, 0) is 6.54 Å². The zero-order valence-corrected chi connectivity index (χ0v) is 13.8. The van der Waals surface area contributed by atoms with Gasteiger partial charge in [0.05, 0.1) is 6.10 Å². The molecule has 3 nitrogen and oxygen atoms in total. The molecule has 22 heavy (non-hydrogen) atoms. The van der Waals surface area contributed by atoms with E-state index in [-0.39, 0.29) is 6.10 Å². The van der Waals surface area contributed by atoms with Gasteiger partial charge in [-0.15, -0.1) is 0 Å². The van der Waals surface area contributed by atoms with E-state index in [0.717, 1.165) is 26.1 Å². The Kier molecular flexibility index (Phi) is 5.26. The predicted octanol–water partition coefficient (Wildman–Crippen LogP) is 3.03. The first kappa shape index (κ1) is 15.7. The molecule has 1 aromatic carbocycles. The first-order valence-electron chi connectivity index (χ1n) is 7.94. The number of β-amino-alcohol motifs (C(OH)–C–C–N with tert-alkyl or cyclic N) is 1. The minimum absolute atomic E-state index is 0.202. The van der Waals surface area contributed by atoms with Crippen molar-refractivity contribution in [2.75, 3.05) is 13.1 Å². The molecule has 3 rings (SSSR count). The molecule has 2 N–H and O–H groups in total. The third-order valence-electron chi connectivity index (χ3n) is 4.44. The molecule has 118 valence electrons. The highest BCUT2D eigenvalue weighted by Gasteiger charge is 2.30. The van der Waals surface area contributed by atoms with Crippen molar-refractivity contribution in [2.24, 2.45) is 0 Å². The van der Waals surface area contributed by atoms with E-state index in [1.165, 1.54) is 11.1 Å². The molecule has 4 heteroatoms. The molecular formula is C18H24N2OS. The van der Waals surface area contributed by atoms with Crippen LogP contribution in [0.3, 0.4) is 0 Å². The van der Waals surface area contributed by atoms with Gasteiger partial charge in [-0.25, -0.2) is 0 Å². The van der Waals surface area contributed by atoms with E-state index in [2.05, 4.69) is 58.2 Å². The SMILES string of the molecule is C[C@H](NC[C@@H]1C[C@H](O)CN1Cc1ccccc1)c1ccsc1. The molecule has 2 heterocycles. The van der Waals surface area contributed by atoms with Crippen molar-refractivity contribution in [1.29, 1.82) is 0 Å². The standard InChI is InChI=1S/C18H24N2OS/c1-14(16-7-8-22-13-16)19-10-17-9-18(21)12-20(17)11-15-5-3-2-4-6-15/h2-8,13-14,17-19,21H,9-12H2,1H3/t14-,17-,18-/m0/s1. The molecule has 0 unspecified atom stereocenters. The van der Waals surface area contributed by atoms with Crippen molar-refractivity contribution in [2.45, 2.75) is 38.1 Å². The van der Waals surface area contributed by atoms with Gasteiger partial charge in [0.15, 0.2) is 0 Å². The van der Waals surface area contributed by atoms with E-state index in [1.807, 2.05) is 6.07 Å². The molecule has 0 amide bonds. The van der Waals surface area contributed by atoms with E-state index < -0.39 is 0 Å². The van der Waals surface area contributed by atoms with E-state index in [9.17, 15) is 5.11 Å². The number of rotatable bonds is 6. The second-order valence-electron chi connectivity index (χ2n) is 6.15. The average molecular weight is 316 g/mol. The minimum Gasteiger partial charge on any atom is -0.392 e. The van der Waals surface area contributed by atoms with Gasteiger partial charge in [-0.05, 0) is 41.3 Å². The molecule has 0 saturated carbocycles. The van der Waals surface area contributed by atoms with Crippen LogP contribution in [-0.4, -0.2) is 35.2 Å². The number of likely N-dealkylation sites (tertiary alicyclic amines) is 1. The Morgan fingerprint density at radius 2 is 2.14 bits per heavy atom. The first-order valence-corrected chi connectivity index (χ1v) is 8.88. The van der Waals surface area contributed by atoms with E-state index in [1.54, 1.807) is 11.3 Å². The highest BCUT2D eigenvalue weighted by molar-refractivity contribution is 7.07. The number of hydrogen-bond acceptors (Lipinski definition) is 4. The van der Waals surface area contributed by atoms with Gasteiger partial charge in [0.2, 0.25) is 0 Å². The molecule has 2 aromatic rings. The van der Waals surface area contributed by atoms with Crippen LogP contribution in [0.2, 0.25) is 0 Å². The molecule has 0 spiro atoms. The number of nitrogens with one attached hydrogen (secondary N) is 1. The van der Waals surface area contributed by atoms with Crippen LogP contribution >= 0.6 is 11.3 Å². The Morgan fingerprint density at radius 1 is 1.32 bits per heavy atom. The molecule has 0 bridgehead atoms. The van der Waals surface area contributed by atoms with Crippen LogP contribution in [0.4, 0.5) is 0 Å². The Labute approximate surface area is 136 Å². The normalized spacial score (nSPS) is 23.7. The van der Waals surface area contributed by atoms with Crippen molar-refractivity contribution in [3.63, 3.8) is 0 Å². The van der Waals surface area contributed by atoms with Crippen LogP contribution in [0, 0.1) is 0 Å². The van der Waals surface area contributed by atoms with E-state index in [0.29, 0.717) is 12.1 Å². The summed E-state index contributed by atoms with van der Waals surface area (Å²) >= 11 is 1.74. The molecule has 1 saturated heterocycles. The van der Waals surface area contributed by atoms with Gasteiger partial charge < -0.3 is 10.4 Å². The molecule has 1 fully saturated rings. The summed E-state index contributed by atoms with van der Waals surface area (Å²) in [6, 6.07) is 13.4. The predicted molar refractivity (Wildman–Crippen MR) is 92.0 cm³/mol. The highest BCUT2D eigenvalue weighted by Crippen LogP contribution is 2.22. The molecule has 0 radical (unpaired) electrons.